The average molecular weight is 226 g/mol. The van der Waals surface area contributed by atoms with Crippen molar-refractivity contribution in [1.82, 2.24) is 0 Å². The summed E-state index contributed by atoms with van der Waals surface area (Å²) in [5.74, 6) is 0. The van der Waals surface area contributed by atoms with E-state index in [1.54, 1.807) is 11.3 Å². The molecule has 1 nitrogen and oxygen atoms in total. The van der Waals surface area contributed by atoms with Gasteiger partial charge in [-0.3, -0.25) is 0 Å². The van der Waals surface area contributed by atoms with E-state index in [0.717, 1.165) is 0 Å². The molecule has 0 spiro atoms. The van der Waals surface area contributed by atoms with Gasteiger partial charge < -0.3 is 0 Å². The molecule has 0 unspecified atom stereocenters. The molecule has 2 heteroatoms. The molecule has 0 aromatic carbocycles. The van der Waals surface area contributed by atoms with Crippen LogP contribution in [0.1, 0.15) is 5.56 Å². The molecule has 0 saturated heterocycles. The van der Waals surface area contributed by atoms with Crippen LogP contribution < -0.4 is 4.40 Å². The molecule has 0 radical (unpaired) electrons. The Kier molecular flexibility index (Phi) is 2.22. The highest BCUT2D eigenvalue weighted by molar-refractivity contribution is 7.13. The Labute approximate surface area is 98.6 Å². The van der Waals surface area contributed by atoms with E-state index in [9.17, 15) is 0 Å². The molecule has 0 amide bonds. The molecule has 0 saturated carbocycles. The number of pyridine rings is 2. The summed E-state index contributed by atoms with van der Waals surface area (Å²) < 4.78 is 2.16. The van der Waals surface area contributed by atoms with E-state index in [1.807, 2.05) is 0 Å². The van der Waals surface area contributed by atoms with Crippen molar-refractivity contribution in [2.75, 3.05) is 0 Å². The predicted molar refractivity (Wildman–Crippen MR) is 67.7 cm³/mol. The third-order valence-electron chi connectivity index (χ3n) is 2.76. The van der Waals surface area contributed by atoms with E-state index in [2.05, 4.69) is 65.5 Å². The second-order valence-corrected chi connectivity index (χ2v) is 4.83. The molecule has 0 fully saturated rings. The number of fused-ring (bicyclic) bond motifs is 1. The van der Waals surface area contributed by atoms with Crippen LogP contribution in [-0.2, 0) is 0 Å². The summed E-state index contributed by atoms with van der Waals surface area (Å²) in [7, 11) is 0. The van der Waals surface area contributed by atoms with Crippen LogP contribution in [0.3, 0.4) is 0 Å². The number of hydrogen-bond acceptors (Lipinski definition) is 1. The highest BCUT2D eigenvalue weighted by Crippen LogP contribution is 2.27. The monoisotopic (exact) mass is 226 g/mol. The molecule has 0 aliphatic rings. The zero-order valence-electron chi connectivity index (χ0n) is 9.05. The first-order chi connectivity index (χ1) is 7.84. The second kappa shape index (κ2) is 3.72. The Balaban J connectivity index is 2.30. The number of nitrogens with zero attached hydrogens (tertiary/aromatic N) is 1. The summed E-state index contributed by atoms with van der Waals surface area (Å²) in [6, 6.07) is 12.8. The third-order valence-corrected chi connectivity index (χ3v) is 3.66. The number of aromatic nitrogens is 1. The van der Waals surface area contributed by atoms with Crippen LogP contribution >= 0.6 is 11.3 Å². The highest BCUT2D eigenvalue weighted by Gasteiger charge is 2.09. The summed E-state index contributed by atoms with van der Waals surface area (Å²) in [5, 5.41) is 2.12. The highest BCUT2D eigenvalue weighted by atomic mass is 32.1. The van der Waals surface area contributed by atoms with Crippen LogP contribution in [0.2, 0.25) is 0 Å². The molecule has 16 heavy (non-hydrogen) atoms. The maximum Gasteiger partial charge on any atom is 0.211 e. The van der Waals surface area contributed by atoms with Gasteiger partial charge in [0.2, 0.25) is 5.52 Å². The number of aryl methyl sites for hydroxylation is 1. The van der Waals surface area contributed by atoms with Crippen molar-refractivity contribution in [1.29, 1.82) is 0 Å². The molecule has 0 aliphatic carbocycles. The molecule has 0 atom stereocenters. The van der Waals surface area contributed by atoms with Crippen molar-refractivity contribution < 1.29 is 4.40 Å². The minimum atomic E-state index is 1.23. The number of rotatable bonds is 1. The molecule has 3 aromatic heterocycles. The fraction of sp³-hybridized carbons (Fsp3) is 0.0714. The Morgan fingerprint density at radius 1 is 1.12 bits per heavy atom. The van der Waals surface area contributed by atoms with Crippen molar-refractivity contribution in [3.8, 4) is 10.4 Å². The lowest BCUT2D eigenvalue weighted by Crippen LogP contribution is -2.20. The van der Waals surface area contributed by atoms with Crippen LogP contribution in [0, 0.1) is 6.92 Å². The zero-order chi connectivity index (χ0) is 11.0. The van der Waals surface area contributed by atoms with Gasteiger partial charge >= 0.3 is 0 Å². The van der Waals surface area contributed by atoms with Gasteiger partial charge in [0, 0.05) is 34.2 Å². The lowest BCUT2D eigenvalue weighted by molar-refractivity contribution is -0.512. The fourth-order valence-electron chi connectivity index (χ4n) is 1.95. The standard InChI is InChI=1S/C14H12NS/c1-11-10-15-7-3-2-5-12(15)9-13(11)14-6-4-8-16-14/h2-10H,1H3/q+1. The maximum atomic E-state index is 2.25. The van der Waals surface area contributed by atoms with Gasteiger partial charge in [0.15, 0.2) is 12.4 Å². The van der Waals surface area contributed by atoms with Gasteiger partial charge in [-0.05, 0) is 24.4 Å². The Hall–Kier alpha value is -1.67. The van der Waals surface area contributed by atoms with E-state index in [1.165, 1.54) is 21.5 Å². The Morgan fingerprint density at radius 2 is 2.06 bits per heavy atom. The van der Waals surface area contributed by atoms with Crippen molar-refractivity contribution in [2.45, 2.75) is 6.92 Å². The molecule has 3 rings (SSSR count). The molecule has 3 heterocycles. The van der Waals surface area contributed by atoms with Crippen molar-refractivity contribution in [3.05, 3.63) is 59.7 Å². The normalized spacial score (nSPS) is 10.8. The molecule has 0 bridgehead atoms. The van der Waals surface area contributed by atoms with Crippen molar-refractivity contribution >= 4 is 16.9 Å². The molecule has 0 aliphatic heterocycles. The van der Waals surface area contributed by atoms with Crippen LogP contribution in [0.5, 0.6) is 0 Å². The van der Waals surface area contributed by atoms with Crippen LogP contribution in [-0.4, -0.2) is 0 Å². The van der Waals surface area contributed by atoms with Crippen LogP contribution in [0.15, 0.2) is 54.2 Å². The lowest BCUT2D eigenvalue weighted by atomic mass is 10.1. The van der Waals surface area contributed by atoms with Gasteiger partial charge in [-0.2, -0.15) is 4.40 Å². The number of hydrogen-bond donors (Lipinski definition) is 0. The SMILES string of the molecule is Cc1c[n+]2ccccc2cc1-c1cccs1. The summed E-state index contributed by atoms with van der Waals surface area (Å²) in [5.41, 5.74) is 3.88. The minimum Gasteiger partial charge on any atom is -0.167 e. The number of thiophene rings is 1. The maximum absolute atomic E-state index is 2.25. The fourth-order valence-corrected chi connectivity index (χ4v) is 2.75. The summed E-state index contributed by atoms with van der Waals surface area (Å²) >= 11 is 1.79. The van der Waals surface area contributed by atoms with E-state index in [-0.39, 0.29) is 0 Å². The first-order valence-corrected chi connectivity index (χ1v) is 6.17. The lowest BCUT2D eigenvalue weighted by Gasteiger charge is -2.01. The van der Waals surface area contributed by atoms with Crippen molar-refractivity contribution in [2.24, 2.45) is 0 Å². The van der Waals surface area contributed by atoms with Crippen molar-refractivity contribution in [3.63, 3.8) is 0 Å². The smallest absolute Gasteiger partial charge is 0.167 e. The van der Waals surface area contributed by atoms with Gasteiger partial charge in [0.05, 0.1) is 0 Å². The minimum absolute atomic E-state index is 1.23. The summed E-state index contributed by atoms with van der Waals surface area (Å²) in [6.45, 7) is 2.16. The zero-order valence-corrected chi connectivity index (χ0v) is 9.87. The molecular formula is C14H12NS+. The average Bonchev–Trinajstić information content (AvgIpc) is 2.81. The molecule has 3 aromatic rings. The molecule has 78 valence electrons. The second-order valence-electron chi connectivity index (χ2n) is 3.88. The molecular weight excluding hydrogens is 214 g/mol. The largest absolute Gasteiger partial charge is 0.211 e. The Bertz CT molecular complexity index is 626. The van der Waals surface area contributed by atoms with E-state index < -0.39 is 0 Å². The quantitative estimate of drug-likeness (QED) is 0.560. The van der Waals surface area contributed by atoms with E-state index >= 15 is 0 Å². The Morgan fingerprint density at radius 3 is 2.88 bits per heavy atom. The topological polar surface area (TPSA) is 4.10 Å². The van der Waals surface area contributed by atoms with E-state index in [4.69, 9.17) is 0 Å². The van der Waals surface area contributed by atoms with Gasteiger partial charge in [-0.1, -0.05) is 6.07 Å². The van der Waals surface area contributed by atoms with Crippen LogP contribution in [0.25, 0.3) is 16.0 Å². The summed E-state index contributed by atoms with van der Waals surface area (Å²) in [6.07, 6.45) is 4.27. The van der Waals surface area contributed by atoms with Gasteiger partial charge in [-0.15, -0.1) is 11.3 Å². The molecule has 0 N–H and O–H groups in total. The van der Waals surface area contributed by atoms with Gasteiger partial charge in [-0.25, -0.2) is 0 Å². The first-order valence-electron chi connectivity index (χ1n) is 5.29. The predicted octanol–water partition coefficient (Wildman–Crippen LogP) is 3.46. The van der Waals surface area contributed by atoms with E-state index in [0.29, 0.717) is 0 Å². The third kappa shape index (κ3) is 1.51. The van der Waals surface area contributed by atoms with Gasteiger partial charge in [0.25, 0.3) is 0 Å². The van der Waals surface area contributed by atoms with Gasteiger partial charge in [0.1, 0.15) is 0 Å². The first kappa shape index (κ1) is 9.55. The summed E-state index contributed by atoms with van der Waals surface area (Å²) in [4.78, 5) is 1.34. The van der Waals surface area contributed by atoms with Crippen LogP contribution in [0.4, 0.5) is 0 Å².